The number of carbonyl (C=O) groups excluding carboxylic acids is 1. The molecule has 0 aromatic heterocycles. The van der Waals surface area contributed by atoms with Gasteiger partial charge in [0.05, 0.1) is 13.2 Å². The standard InChI is InChI=1S/C33H62O4/c1-3-5-6-7-8-9-10-11-12-13-14-15-16-17-18-19-20-21-22-23-24-25-26-27-29-36-31-32(30-34)37-33(35)28-4-2/h10-11,13-14,32,34H,3-9,12,15-31H2,1-2H3/b11-10-,14-13-. The first-order valence-electron chi connectivity index (χ1n) is 15.9. The number of allylic oxidation sites excluding steroid dienone is 4. The van der Waals surface area contributed by atoms with E-state index in [-0.39, 0.29) is 12.6 Å². The molecule has 4 nitrogen and oxygen atoms in total. The Morgan fingerprint density at radius 3 is 1.62 bits per heavy atom. The van der Waals surface area contributed by atoms with Gasteiger partial charge in [-0.3, -0.25) is 4.79 Å². The van der Waals surface area contributed by atoms with E-state index < -0.39 is 6.10 Å². The van der Waals surface area contributed by atoms with Crippen molar-refractivity contribution in [1.82, 2.24) is 0 Å². The van der Waals surface area contributed by atoms with Gasteiger partial charge >= 0.3 is 5.97 Å². The number of aliphatic hydroxyl groups is 1. The highest BCUT2D eigenvalue weighted by Crippen LogP contribution is 2.13. The highest BCUT2D eigenvalue weighted by molar-refractivity contribution is 5.69. The number of unbranched alkanes of at least 4 members (excludes halogenated alkanes) is 17. The Hall–Kier alpha value is -1.13. The average Bonchev–Trinajstić information content (AvgIpc) is 2.90. The van der Waals surface area contributed by atoms with Crippen molar-refractivity contribution in [3.8, 4) is 0 Å². The number of esters is 1. The van der Waals surface area contributed by atoms with Crippen molar-refractivity contribution < 1.29 is 19.4 Å². The van der Waals surface area contributed by atoms with Gasteiger partial charge in [-0.05, 0) is 44.9 Å². The summed E-state index contributed by atoms with van der Waals surface area (Å²) >= 11 is 0. The van der Waals surface area contributed by atoms with Crippen LogP contribution in [0.25, 0.3) is 0 Å². The van der Waals surface area contributed by atoms with E-state index in [2.05, 4.69) is 31.2 Å². The van der Waals surface area contributed by atoms with Crippen LogP contribution in [0.2, 0.25) is 0 Å². The van der Waals surface area contributed by atoms with Crippen molar-refractivity contribution in [2.75, 3.05) is 19.8 Å². The molecule has 37 heavy (non-hydrogen) atoms. The Kier molecular flexibility index (Phi) is 30.1. The van der Waals surface area contributed by atoms with Crippen molar-refractivity contribution >= 4 is 5.97 Å². The predicted molar refractivity (Wildman–Crippen MR) is 159 cm³/mol. The van der Waals surface area contributed by atoms with Crippen molar-refractivity contribution in [3.05, 3.63) is 24.3 Å². The minimum absolute atomic E-state index is 0.176. The van der Waals surface area contributed by atoms with Gasteiger partial charge in [-0.25, -0.2) is 0 Å². The maximum absolute atomic E-state index is 11.5. The molecule has 1 unspecified atom stereocenters. The zero-order valence-corrected chi connectivity index (χ0v) is 24.7. The molecular weight excluding hydrogens is 460 g/mol. The van der Waals surface area contributed by atoms with Gasteiger partial charge in [-0.2, -0.15) is 0 Å². The molecule has 0 aliphatic heterocycles. The molecule has 0 radical (unpaired) electrons. The normalized spacial score (nSPS) is 12.6. The van der Waals surface area contributed by atoms with E-state index in [1.54, 1.807) is 0 Å². The van der Waals surface area contributed by atoms with Crippen LogP contribution < -0.4 is 0 Å². The quantitative estimate of drug-likeness (QED) is 0.0603. The lowest BCUT2D eigenvalue weighted by molar-refractivity contribution is -0.154. The van der Waals surface area contributed by atoms with E-state index in [0.717, 1.165) is 19.3 Å². The van der Waals surface area contributed by atoms with Crippen LogP contribution in [-0.2, 0) is 14.3 Å². The van der Waals surface area contributed by atoms with Crippen LogP contribution in [0.15, 0.2) is 24.3 Å². The molecule has 0 fully saturated rings. The summed E-state index contributed by atoms with van der Waals surface area (Å²) in [4.78, 5) is 11.5. The third-order valence-electron chi connectivity index (χ3n) is 6.75. The van der Waals surface area contributed by atoms with Crippen molar-refractivity contribution in [3.63, 3.8) is 0 Å². The molecule has 0 saturated heterocycles. The maximum atomic E-state index is 11.5. The third kappa shape index (κ3) is 29.3. The molecule has 0 aliphatic rings. The fourth-order valence-corrected chi connectivity index (χ4v) is 4.39. The summed E-state index contributed by atoms with van der Waals surface area (Å²) in [6.45, 7) is 5.00. The first-order valence-corrected chi connectivity index (χ1v) is 15.9. The summed E-state index contributed by atoms with van der Waals surface area (Å²) in [5.74, 6) is -0.254. The lowest BCUT2D eigenvalue weighted by Gasteiger charge is -2.15. The van der Waals surface area contributed by atoms with Crippen LogP contribution >= 0.6 is 0 Å². The number of aliphatic hydroxyl groups excluding tert-OH is 1. The molecule has 0 amide bonds. The Morgan fingerprint density at radius 1 is 0.649 bits per heavy atom. The SMILES string of the molecule is CCCCCCC/C=C\C/C=C\CCCCCCCCCCCCCCOCC(CO)OC(=O)CCC. The predicted octanol–water partition coefficient (Wildman–Crippen LogP) is 9.64. The number of rotatable bonds is 29. The van der Waals surface area contributed by atoms with Crippen LogP contribution in [0.1, 0.15) is 155 Å². The van der Waals surface area contributed by atoms with Gasteiger partial charge in [0.2, 0.25) is 0 Å². The smallest absolute Gasteiger partial charge is 0.306 e. The molecule has 0 aromatic rings. The highest BCUT2D eigenvalue weighted by atomic mass is 16.6. The monoisotopic (exact) mass is 522 g/mol. The van der Waals surface area contributed by atoms with Crippen LogP contribution in [0.4, 0.5) is 0 Å². The summed E-state index contributed by atoms with van der Waals surface area (Å²) in [6, 6.07) is 0. The summed E-state index contributed by atoms with van der Waals surface area (Å²) in [6.07, 6.45) is 36.3. The Balaban J connectivity index is 3.27. The first-order chi connectivity index (χ1) is 18.2. The number of hydrogen-bond acceptors (Lipinski definition) is 4. The van der Waals surface area contributed by atoms with Gasteiger partial charge in [-0.15, -0.1) is 0 Å². The van der Waals surface area contributed by atoms with Crippen LogP contribution in [-0.4, -0.2) is 37.0 Å². The molecule has 218 valence electrons. The molecule has 0 bridgehead atoms. The molecule has 0 rings (SSSR count). The van der Waals surface area contributed by atoms with E-state index in [9.17, 15) is 9.90 Å². The van der Waals surface area contributed by atoms with E-state index in [0.29, 0.717) is 19.6 Å². The topological polar surface area (TPSA) is 55.8 Å². The first kappa shape index (κ1) is 35.9. The summed E-state index contributed by atoms with van der Waals surface area (Å²) < 4.78 is 10.8. The van der Waals surface area contributed by atoms with Crippen molar-refractivity contribution in [2.45, 2.75) is 161 Å². The molecule has 0 saturated carbocycles. The molecule has 4 heteroatoms. The Bertz CT molecular complexity index is 514. The number of hydrogen-bond donors (Lipinski definition) is 1. The second kappa shape index (κ2) is 31.1. The van der Waals surface area contributed by atoms with Gasteiger partial charge in [0, 0.05) is 13.0 Å². The maximum Gasteiger partial charge on any atom is 0.306 e. The van der Waals surface area contributed by atoms with Gasteiger partial charge < -0.3 is 14.6 Å². The summed E-state index contributed by atoms with van der Waals surface area (Å²) in [5.41, 5.74) is 0. The second-order valence-corrected chi connectivity index (χ2v) is 10.5. The molecule has 0 aliphatic carbocycles. The summed E-state index contributed by atoms with van der Waals surface area (Å²) in [7, 11) is 0. The van der Waals surface area contributed by atoms with Gasteiger partial charge in [0.25, 0.3) is 0 Å². The third-order valence-corrected chi connectivity index (χ3v) is 6.75. The zero-order valence-electron chi connectivity index (χ0n) is 24.7. The fraction of sp³-hybridized carbons (Fsp3) is 0.848. The van der Waals surface area contributed by atoms with Crippen molar-refractivity contribution in [1.29, 1.82) is 0 Å². The Morgan fingerprint density at radius 2 is 1.14 bits per heavy atom. The van der Waals surface area contributed by atoms with Gasteiger partial charge in [0.1, 0.15) is 6.10 Å². The minimum atomic E-state index is -0.525. The highest BCUT2D eigenvalue weighted by Gasteiger charge is 2.12. The zero-order chi connectivity index (χ0) is 27.1. The molecule has 1 N–H and O–H groups in total. The fourth-order valence-electron chi connectivity index (χ4n) is 4.39. The molecule has 0 spiro atoms. The summed E-state index contributed by atoms with van der Waals surface area (Å²) in [5, 5.41) is 9.27. The van der Waals surface area contributed by atoms with Gasteiger partial charge in [0.15, 0.2) is 0 Å². The van der Waals surface area contributed by atoms with Crippen LogP contribution in [0.5, 0.6) is 0 Å². The lowest BCUT2D eigenvalue weighted by atomic mass is 10.0. The average molecular weight is 523 g/mol. The van der Waals surface area contributed by atoms with Crippen molar-refractivity contribution in [2.24, 2.45) is 0 Å². The second-order valence-electron chi connectivity index (χ2n) is 10.5. The minimum Gasteiger partial charge on any atom is -0.457 e. The number of carbonyl (C=O) groups is 1. The largest absolute Gasteiger partial charge is 0.457 e. The van der Waals surface area contributed by atoms with Crippen LogP contribution in [0, 0.1) is 0 Å². The molecule has 0 heterocycles. The lowest BCUT2D eigenvalue weighted by Crippen LogP contribution is -2.27. The molecule has 1 atom stereocenters. The molecule has 0 aromatic carbocycles. The Labute approximate surface area is 230 Å². The van der Waals surface area contributed by atoms with Gasteiger partial charge in [-0.1, -0.05) is 128 Å². The van der Waals surface area contributed by atoms with E-state index in [1.165, 1.54) is 116 Å². The van der Waals surface area contributed by atoms with E-state index in [4.69, 9.17) is 9.47 Å². The van der Waals surface area contributed by atoms with E-state index >= 15 is 0 Å². The number of ether oxygens (including phenoxy) is 2. The van der Waals surface area contributed by atoms with Crippen LogP contribution in [0.3, 0.4) is 0 Å². The molecular formula is C33H62O4. The van der Waals surface area contributed by atoms with E-state index in [1.807, 2.05) is 6.92 Å².